The minimum absolute atomic E-state index is 0.0959. The SMILES string of the molecule is COC(=O)COc1ccc2c(c1)CC[C@@]1(C)[C@@H]3CC[C@H](OCCCOC(C(F)(F)F)(C(F)(F)F)C(F)(F)F)[C@@]3(C)CC[C@H]21. The quantitative estimate of drug-likeness (QED) is 0.158. The van der Waals surface area contributed by atoms with Crippen molar-refractivity contribution < 1.29 is 63.3 Å². The fraction of sp³-hybridized carbons (Fsp3) is 0.759. The Labute approximate surface area is 243 Å². The first-order valence-corrected chi connectivity index (χ1v) is 14.1. The summed E-state index contributed by atoms with van der Waals surface area (Å²) in [7, 11) is 1.28. The molecule has 0 radical (unpaired) electrons. The number of fused-ring (bicyclic) bond motifs is 5. The smallest absolute Gasteiger partial charge is 0.435 e. The average molecular weight is 635 g/mol. The summed E-state index contributed by atoms with van der Waals surface area (Å²) >= 11 is 0. The number of hydrogen-bond donors (Lipinski definition) is 0. The fourth-order valence-electron chi connectivity index (χ4n) is 7.85. The summed E-state index contributed by atoms with van der Waals surface area (Å²) in [6.07, 6.45) is -16.5. The molecule has 0 aliphatic heterocycles. The van der Waals surface area contributed by atoms with Gasteiger partial charge in [0.1, 0.15) is 5.75 Å². The maximum Gasteiger partial charge on any atom is 0.435 e. The van der Waals surface area contributed by atoms with Crippen molar-refractivity contribution >= 4 is 5.97 Å². The average Bonchev–Trinajstić information content (AvgIpc) is 3.23. The molecule has 0 bridgehead atoms. The molecule has 5 atom stereocenters. The number of carbonyl (C=O) groups is 1. The Morgan fingerprint density at radius 3 is 2.14 bits per heavy atom. The van der Waals surface area contributed by atoms with Gasteiger partial charge in [0, 0.05) is 6.61 Å². The van der Waals surface area contributed by atoms with Crippen LogP contribution in [-0.2, 0) is 25.4 Å². The molecule has 0 aromatic heterocycles. The number of rotatable bonds is 9. The molecular formula is C29H35F9O5. The Morgan fingerprint density at radius 2 is 1.53 bits per heavy atom. The summed E-state index contributed by atoms with van der Waals surface area (Å²) in [5.41, 5.74) is -4.32. The lowest BCUT2D eigenvalue weighted by molar-refractivity contribution is -0.457. The molecule has 0 amide bonds. The second kappa shape index (κ2) is 11.6. The molecule has 1 aromatic rings. The van der Waals surface area contributed by atoms with Gasteiger partial charge in [0.05, 0.1) is 19.8 Å². The van der Waals surface area contributed by atoms with E-state index >= 15 is 0 Å². The van der Waals surface area contributed by atoms with Crippen LogP contribution in [0.25, 0.3) is 0 Å². The number of hydrogen-bond acceptors (Lipinski definition) is 5. The maximum absolute atomic E-state index is 13.1. The van der Waals surface area contributed by atoms with Crippen LogP contribution in [0.2, 0.25) is 0 Å². The molecule has 2 fully saturated rings. The second-order valence-corrected chi connectivity index (χ2v) is 12.2. The summed E-state index contributed by atoms with van der Waals surface area (Å²) in [5.74, 6) is 0.553. The highest BCUT2D eigenvalue weighted by Crippen LogP contribution is 2.67. The monoisotopic (exact) mass is 634 g/mol. The van der Waals surface area contributed by atoms with Gasteiger partial charge in [-0.3, -0.25) is 0 Å². The summed E-state index contributed by atoms with van der Waals surface area (Å²) < 4.78 is 138. The molecule has 0 spiro atoms. The van der Waals surface area contributed by atoms with Gasteiger partial charge in [-0.05, 0) is 90.9 Å². The molecule has 0 unspecified atom stereocenters. The molecular weight excluding hydrogens is 599 g/mol. The molecule has 5 nitrogen and oxygen atoms in total. The van der Waals surface area contributed by atoms with Gasteiger partial charge in [-0.25, -0.2) is 4.79 Å². The molecule has 0 N–H and O–H groups in total. The number of carbonyl (C=O) groups excluding carboxylic acids is 1. The van der Waals surface area contributed by atoms with E-state index in [9.17, 15) is 44.3 Å². The minimum atomic E-state index is -6.75. The number of ether oxygens (including phenoxy) is 4. The van der Waals surface area contributed by atoms with E-state index in [2.05, 4.69) is 23.3 Å². The van der Waals surface area contributed by atoms with Crippen molar-refractivity contribution in [2.45, 2.75) is 94.9 Å². The van der Waals surface area contributed by atoms with Gasteiger partial charge in [0.25, 0.3) is 0 Å². The summed E-state index contributed by atoms with van der Waals surface area (Å²) in [6.45, 7) is 2.35. The van der Waals surface area contributed by atoms with Crippen LogP contribution >= 0.6 is 0 Å². The van der Waals surface area contributed by atoms with Crippen LogP contribution in [0.1, 0.15) is 69.4 Å². The Kier molecular flexibility index (Phi) is 9.09. The van der Waals surface area contributed by atoms with E-state index in [-0.39, 0.29) is 42.0 Å². The molecule has 3 aliphatic rings. The third kappa shape index (κ3) is 5.82. The van der Waals surface area contributed by atoms with Crippen molar-refractivity contribution in [2.75, 3.05) is 26.9 Å². The second-order valence-electron chi connectivity index (χ2n) is 12.2. The minimum Gasteiger partial charge on any atom is -0.482 e. The van der Waals surface area contributed by atoms with Gasteiger partial charge in [0.2, 0.25) is 0 Å². The zero-order valence-corrected chi connectivity index (χ0v) is 24.0. The van der Waals surface area contributed by atoms with Crippen molar-refractivity contribution in [3.8, 4) is 5.75 Å². The van der Waals surface area contributed by atoms with E-state index in [4.69, 9.17) is 9.47 Å². The number of methoxy groups -OCH3 is 1. The molecule has 4 rings (SSSR count). The van der Waals surface area contributed by atoms with E-state index in [0.717, 1.165) is 37.7 Å². The van der Waals surface area contributed by atoms with Gasteiger partial charge in [0.15, 0.2) is 6.61 Å². The van der Waals surface area contributed by atoms with E-state index < -0.39 is 43.1 Å². The Morgan fingerprint density at radius 1 is 0.884 bits per heavy atom. The normalized spacial score (nSPS) is 29.4. The number of alkyl halides is 9. The number of benzene rings is 1. The van der Waals surface area contributed by atoms with Crippen molar-refractivity contribution in [2.24, 2.45) is 16.7 Å². The van der Waals surface area contributed by atoms with Crippen molar-refractivity contribution in [3.63, 3.8) is 0 Å². The Bertz CT molecular complexity index is 1130. The van der Waals surface area contributed by atoms with Crippen LogP contribution in [0.15, 0.2) is 18.2 Å². The molecule has 1 aromatic carbocycles. The third-order valence-corrected chi connectivity index (χ3v) is 9.94. The van der Waals surface area contributed by atoms with E-state index in [0.29, 0.717) is 12.2 Å². The fourth-order valence-corrected chi connectivity index (χ4v) is 7.85. The van der Waals surface area contributed by atoms with Crippen LogP contribution in [0.3, 0.4) is 0 Å². The topological polar surface area (TPSA) is 54.0 Å². The van der Waals surface area contributed by atoms with Gasteiger partial charge < -0.3 is 18.9 Å². The third-order valence-electron chi connectivity index (χ3n) is 9.94. The highest BCUT2D eigenvalue weighted by Gasteiger charge is 2.85. The highest BCUT2D eigenvalue weighted by atomic mass is 19.4. The summed E-state index contributed by atoms with van der Waals surface area (Å²) in [6, 6.07) is 5.80. The van der Waals surface area contributed by atoms with Crippen LogP contribution in [0.5, 0.6) is 5.75 Å². The predicted octanol–water partition coefficient (Wildman–Crippen LogP) is 7.70. The van der Waals surface area contributed by atoms with Gasteiger partial charge >= 0.3 is 30.1 Å². The summed E-state index contributed by atoms with van der Waals surface area (Å²) in [5, 5.41) is 0. The molecule has 3 aliphatic carbocycles. The first-order valence-electron chi connectivity index (χ1n) is 14.1. The number of halogens is 9. The van der Waals surface area contributed by atoms with Crippen molar-refractivity contribution in [3.05, 3.63) is 29.3 Å². The van der Waals surface area contributed by atoms with Crippen LogP contribution in [-0.4, -0.2) is 63.1 Å². The first kappa shape index (κ1) is 33.7. The van der Waals surface area contributed by atoms with Gasteiger partial charge in [-0.2, -0.15) is 39.5 Å². The Hall–Kier alpha value is -2.22. The number of esters is 1. The molecule has 2 saturated carbocycles. The van der Waals surface area contributed by atoms with E-state index in [1.165, 1.54) is 12.7 Å². The van der Waals surface area contributed by atoms with Crippen molar-refractivity contribution in [1.82, 2.24) is 0 Å². The van der Waals surface area contributed by atoms with Crippen LogP contribution < -0.4 is 4.74 Å². The molecule has 14 heteroatoms. The molecule has 43 heavy (non-hydrogen) atoms. The van der Waals surface area contributed by atoms with Gasteiger partial charge in [-0.1, -0.05) is 19.9 Å². The van der Waals surface area contributed by atoms with Gasteiger partial charge in [-0.15, -0.1) is 0 Å². The summed E-state index contributed by atoms with van der Waals surface area (Å²) in [4.78, 5) is 11.4. The zero-order valence-electron chi connectivity index (χ0n) is 24.0. The molecule has 0 saturated heterocycles. The largest absolute Gasteiger partial charge is 0.482 e. The lowest BCUT2D eigenvalue weighted by atomic mass is 9.48. The van der Waals surface area contributed by atoms with E-state index in [1.54, 1.807) is 0 Å². The maximum atomic E-state index is 13.1. The van der Waals surface area contributed by atoms with Crippen LogP contribution in [0, 0.1) is 16.7 Å². The lowest BCUT2D eigenvalue weighted by Crippen LogP contribution is -2.67. The Balaban J connectivity index is 1.39. The van der Waals surface area contributed by atoms with Crippen molar-refractivity contribution in [1.29, 1.82) is 0 Å². The van der Waals surface area contributed by atoms with Crippen LogP contribution in [0.4, 0.5) is 39.5 Å². The van der Waals surface area contributed by atoms with E-state index in [1.807, 2.05) is 18.2 Å². The molecule has 0 heterocycles. The highest BCUT2D eigenvalue weighted by molar-refractivity contribution is 5.70. The predicted molar refractivity (Wildman–Crippen MR) is 134 cm³/mol. The first-order chi connectivity index (χ1) is 19.8. The number of aryl methyl sites for hydroxylation is 1. The standard InChI is InChI=1S/C29H35F9O5/c1-24-11-9-17-15-18(42-16-23(39)40-3)5-6-19(17)20(24)10-12-25(2)21(24)7-8-22(25)41-13-4-14-43-26(27(30,31)32,28(33,34)35)29(36,37)38/h5-6,15,20-22H,4,7-14,16H2,1-3H3/t20-,21+,22+,24-,25+/m1/s1. The molecule has 244 valence electrons. The lowest BCUT2D eigenvalue weighted by Gasteiger charge is -2.57. The zero-order chi connectivity index (χ0) is 32.1.